The van der Waals surface area contributed by atoms with E-state index in [0.717, 1.165) is 16.9 Å². The molecule has 0 fully saturated rings. The van der Waals surface area contributed by atoms with Crippen LogP contribution in [0.15, 0.2) is 166 Å². The molecule has 0 saturated carbocycles. The predicted octanol–water partition coefficient (Wildman–Crippen LogP) is 13.6. The van der Waals surface area contributed by atoms with Crippen LogP contribution >= 0.6 is 0 Å². The average molecular weight is 837 g/mol. The molecule has 0 aliphatic heterocycles. The maximum Gasteiger partial charge on any atom is 0.382 e. The summed E-state index contributed by atoms with van der Waals surface area (Å²) in [4.78, 5) is 0. The lowest BCUT2D eigenvalue weighted by molar-refractivity contribution is 0.492. The summed E-state index contributed by atoms with van der Waals surface area (Å²) in [5.74, 6) is 5.87. The maximum absolute atomic E-state index is 14.2. The summed E-state index contributed by atoms with van der Waals surface area (Å²) in [6.45, 7) is 11.3. The third-order valence-corrected chi connectivity index (χ3v) is 14.4. The Morgan fingerprint density at radius 1 is 0.534 bits per heavy atom. The number of benzene rings is 6. The van der Waals surface area contributed by atoms with Crippen molar-refractivity contribution in [3.63, 3.8) is 0 Å². The van der Waals surface area contributed by atoms with Crippen LogP contribution in [0.5, 0.6) is 11.5 Å². The summed E-state index contributed by atoms with van der Waals surface area (Å²) in [5, 5.41) is 0.227. The van der Waals surface area contributed by atoms with Gasteiger partial charge in [0.15, 0.2) is 0 Å². The van der Waals surface area contributed by atoms with Crippen LogP contribution in [0.1, 0.15) is 31.9 Å². The minimum Gasteiger partial charge on any atom is -0.544 e. The van der Waals surface area contributed by atoms with E-state index in [4.69, 9.17) is 21.5 Å². The lowest BCUT2D eigenvalue weighted by atomic mass is 10.1. The molecule has 298 valence electrons. The van der Waals surface area contributed by atoms with Crippen molar-refractivity contribution in [1.29, 1.82) is 0 Å². The molecule has 0 spiro atoms. The minimum atomic E-state index is -5.07. The highest BCUT2D eigenvalue weighted by molar-refractivity contribution is 7.84. The first kappa shape index (κ1) is 44.7. The molecular weight excluding hydrogens is 794 g/mol. The fourth-order valence-corrected chi connectivity index (χ4v) is 6.91. The smallest absolute Gasteiger partial charge is 0.382 e. The average Bonchev–Trinajstić information content (AvgIpc) is 3.19. The molecule has 6 aromatic rings. The normalized spacial score (nSPS) is 12.0. The molecule has 1 atom stereocenters. The molecule has 6 rings (SSSR count). The molecule has 0 saturated heterocycles. The van der Waals surface area contributed by atoms with Gasteiger partial charge in [-0.3, -0.25) is 0 Å². The van der Waals surface area contributed by atoms with Crippen molar-refractivity contribution < 1.29 is 28.7 Å². The second kappa shape index (κ2) is 19.9. The van der Waals surface area contributed by atoms with Gasteiger partial charge in [-0.15, -0.1) is 21.6 Å². The highest BCUT2D eigenvalue weighted by atomic mass is 32.3. The van der Waals surface area contributed by atoms with Gasteiger partial charge in [-0.1, -0.05) is 129 Å². The second-order valence-corrected chi connectivity index (χ2v) is 21.0. The molecule has 0 radical (unpaired) electrons. The van der Waals surface area contributed by atoms with Crippen molar-refractivity contribution in [3.05, 3.63) is 169 Å². The zero-order valence-corrected chi connectivity index (χ0v) is 35.3. The molecule has 6 aromatic carbocycles. The number of terminal acetylenes is 2. The zero-order chi connectivity index (χ0) is 42.4. The van der Waals surface area contributed by atoms with Gasteiger partial charge in [-0.2, -0.15) is 8.42 Å². The van der Waals surface area contributed by atoms with Gasteiger partial charge in [0.25, 0.3) is 0 Å². The van der Waals surface area contributed by atoms with Crippen LogP contribution in [0.25, 0.3) is 22.3 Å². The fraction of sp³-hybridized carbons (Fsp3) is 0.130. The van der Waals surface area contributed by atoms with Crippen LogP contribution in [0.3, 0.4) is 0 Å². The standard InChI is InChI=1S/C20H14FNO2S.C18H24OSi.C8H5F2NOS/c1-2-16-8-12-19(13-9-16)22-25(21,23)24-20-14-10-18(11-15-20)17-6-4-3-5-7-17;1-18(2,3)20(4,5)19-17-13-11-16(12-14-17)15-9-7-6-8-10-15;1-2-7-3-5-8(6-4-7)11-13(9,10)12/h1,3-15H;6-14H,1-5H3;1,3-6H. The number of hydrogen-bond acceptors (Lipinski definition) is 6. The summed E-state index contributed by atoms with van der Waals surface area (Å²) >= 11 is 0. The van der Waals surface area contributed by atoms with Gasteiger partial charge >= 0.3 is 20.9 Å². The van der Waals surface area contributed by atoms with Crippen molar-refractivity contribution in [3.8, 4) is 58.4 Å². The Hall–Kier alpha value is -6.05. The number of hydrogen-bond donors (Lipinski definition) is 0. The van der Waals surface area contributed by atoms with Crippen LogP contribution in [-0.4, -0.2) is 16.7 Å². The first-order valence-electron chi connectivity index (χ1n) is 17.8. The summed E-state index contributed by atoms with van der Waals surface area (Å²) in [5.41, 5.74) is 5.76. The first-order chi connectivity index (χ1) is 27.4. The van der Waals surface area contributed by atoms with Crippen LogP contribution in [0.4, 0.5) is 23.0 Å². The van der Waals surface area contributed by atoms with Crippen LogP contribution in [0, 0.1) is 24.7 Å². The third-order valence-electron chi connectivity index (χ3n) is 8.80. The molecule has 1 unspecified atom stereocenters. The summed E-state index contributed by atoms with van der Waals surface area (Å²) in [6.07, 6.45) is 10.3. The molecule has 0 heterocycles. The van der Waals surface area contributed by atoms with E-state index in [1.165, 1.54) is 47.5 Å². The summed E-state index contributed by atoms with van der Waals surface area (Å²) in [7, 11) is -11.2. The Morgan fingerprint density at radius 2 is 0.897 bits per heavy atom. The van der Waals surface area contributed by atoms with E-state index in [-0.39, 0.29) is 22.2 Å². The van der Waals surface area contributed by atoms with Crippen molar-refractivity contribution in [2.24, 2.45) is 8.73 Å². The van der Waals surface area contributed by atoms with Crippen LogP contribution in [0.2, 0.25) is 18.1 Å². The van der Waals surface area contributed by atoms with E-state index >= 15 is 0 Å². The quantitative estimate of drug-likeness (QED) is 0.0869. The fourth-order valence-electron chi connectivity index (χ4n) is 4.75. The molecule has 6 nitrogen and oxygen atoms in total. The lowest BCUT2D eigenvalue weighted by Gasteiger charge is -2.36. The van der Waals surface area contributed by atoms with Gasteiger partial charge in [-0.05, 0) is 113 Å². The molecule has 58 heavy (non-hydrogen) atoms. The molecule has 0 amide bonds. The Bertz CT molecular complexity index is 2580. The third kappa shape index (κ3) is 14.5. The van der Waals surface area contributed by atoms with Gasteiger partial charge in [0.05, 0.1) is 11.4 Å². The number of nitrogens with zero attached hydrogens (tertiary/aromatic N) is 2. The number of halogens is 3. The SMILES string of the molecule is C#Cc1ccc(N=S(=O)(F)F)cc1.C#Cc1ccc(N=S(=O)(F)Oc2ccc(-c3ccccc3)cc2)cc1.CC(C)(C)[Si](C)(C)Oc1ccc(-c2ccccc2)cc1. The summed E-state index contributed by atoms with van der Waals surface area (Å²) < 4.78 is 77.3. The number of rotatable bonds is 8. The van der Waals surface area contributed by atoms with Crippen LogP contribution in [-0.2, 0) is 20.9 Å². The minimum absolute atomic E-state index is 0.0472. The van der Waals surface area contributed by atoms with Crippen molar-refractivity contribution in [2.75, 3.05) is 0 Å². The van der Waals surface area contributed by atoms with Gasteiger partial charge in [0.1, 0.15) is 11.5 Å². The molecule has 0 aliphatic rings. The van der Waals surface area contributed by atoms with E-state index in [2.05, 4.69) is 103 Å². The summed E-state index contributed by atoms with van der Waals surface area (Å²) in [6, 6.07) is 46.8. The highest BCUT2D eigenvalue weighted by Gasteiger charge is 2.38. The van der Waals surface area contributed by atoms with E-state index in [1.807, 2.05) is 36.4 Å². The lowest BCUT2D eigenvalue weighted by Crippen LogP contribution is -2.43. The predicted molar refractivity (Wildman–Crippen MR) is 235 cm³/mol. The van der Waals surface area contributed by atoms with Gasteiger partial charge in [0, 0.05) is 11.1 Å². The van der Waals surface area contributed by atoms with Gasteiger partial charge < -0.3 is 8.61 Å². The maximum atomic E-state index is 14.2. The van der Waals surface area contributed by atoms with Crippen molar-refractivity contribution in [2.45, 2.75) is 38.9 Å². The zero-order valence-electron chi connectivity index (χ0n) is 32.6. The molecule has 0 bridgehead atoms. The van der Waals surface area contributed by atoms with Crippen LogP contribution < -0.4 is 8.61 Å². The van der Waals surface area contributed by atoms with Crippen molar-refractivity contribution >= 4 is 40.6 Å². The van der Waals surface area contributed by atoms with E-state index in [0.29, 0.717) is 11.1 Å². The second-order valence-electron chi connectivity index (χ2n) is 14.1. The Balaban J connectivity index is 0.000000202. The molecule has 0 aromatic heterocycles. The Labute approximate surface area is 342 Å². The molecule has 12 heteroatoms. The Kier molecular flexibility index (Phi) is 15.3. The van der Waals surface area contributed by atoms with Gasteiger partial charge in [-0.25, -0.2) is 0 Å². The monoisotopic (exact) mass is 836 g/mol. The topological polar surface area (TPSA) is 77.3 Å². The molecule has 0 aliphatic carbocycles. The van der Waals surface area contributed by atoms with E-state index in [9.17, 15) is 20.1 Å². The van der Waals surface area contributed by atoms with E-state index < -0.39 is 29.2 Å². The Morgan fingerprint density at radius 3 is 1.26 bits per heavy atom. The molecular formula is C46H43F3N2O4S2Si. The largest absolute Gasteiger partial charge is 0.544 e. The first-order valence-corrected chi connectivity index (χ1v) is 23.4. The van der Waals surface area contributed by atoms with Crippen molar-refractivity contribution in [1.82, 2.24) is 0 Å². The molecule has 0 N–H and O–H groups in total. The highest BCUT2D eigenvalue weighted by Crippen LogP contribution is 2.37. The van der Waals surface area contributed by atoms with E-state index in [1.54, 1.807) is 36.4 Å². The van der Waals surface area contributed by atoms with Gasteiger partial charge in [0.2, 0.25) is 8.32 Å².